The molecule has 3 aromatic carbocycles. The number of carbonyl (C=O) groups excluding carboxylic acids is 2. The number of fused-ring (bicyclic) bond motifs is 1. The van der Waals surface area contributed by atoms with Gasteiger partial charge in [-0.1, -0.05) is 6.07 Å². The van der Waals surface area contributed by atoms with Crippen molar-refractivity contribution < 1.29 is 67.4 Å². The van der Waals surface area contributed by atoms with Gasteiger partial charge >= 0.3 is 24.2 Å². The minimum absolute atomic E-state index is 0.00267. The van der Waals surface area contributed by atoms with Crippen LogP contribution in [0.25, 0.3) is 0 Å². The number of ether oxygens (including phenoxy) is 2. The van der Waals surface area contributed by atoms with E-state index in [0.29, 0.717) is 5.75 Å². The molecule has 1 aliphatic rings. The fourth-order valence-electron chi connectivity index (χ4n) is 4.11. The maximum Gasteiger partial charge on any atom is 0.435 e. The molecule has 0 saturated heterocycles. The van der Waals surface area contributed by atoms with E-state index in [9.17, 15) is 53.5 Å². The van der Waals surface area contributed by atoms with Crippen LogP contribution >= 0.6 is 22.6 Å². The molecule has 1 N–H and O–H groups in total. The normalized spacial score (nSPS) is 13.6. The van der Waals surface area contributed by atoms with Gasteiger partial charge in [0.1, 0.15) is 0 Å². The van der Waals surface area contributed by atoms with Crippen LogP contribution in [0.3, 0.4) is 0 Å². The van der Waals surface area contributed by atoms with E-state index in [2.05, 4.69) is 0 Å². The summed E-state index contributed by atoms with van der Waals surface area (Å²) in [6.07, 6.45) is -19.1. The zero-order valence-electron chi connectivity index (χ0n) is 21.4. The molecule has 0 saturated carbocycles. The fraction of sp³-hybridized carbons (Fsp3) is 0.231. The summed E-state index contributed by atoms with van der Waals surface area (Å²) in [5.41, 5.74) is -13.8. The van der Waals surface area contributed by atoms with E-state index in [1.54, 1.807) is 5.32 Å². The summed E-state index contributed by atoms with van der Waals surface area (Å²) in [6, 6.07) is 6.02. The molecule has 0 unspecified atom stereocenters. The largest absolute Gasteiger partial charge is 0.454 e. The summed E-state index contributed by atoms with van der Waals surface area (Å²) in [7, 11) is 1.11. The summed E-state index contributed by atoms with van der Waals surface area (Å²) in [4.78, 5) is 26.7. The van der Waals surface area contributed by atoms with Crippen molar-refractivity contribution in [3.8, 4) is 11.5 Å². The van der Waals surface area contributed by atoms with E-state index in [-0.39, 0.29) is 24.2 Å². The highest BCUT2D eigenvalue weighted by atomic mass is 127. The van der Waals surface area contributed by atoms with E-state index in [0.717, 1.165) is 52.7 Å². The number of hydrogen-bond acceptors (Lipinski definition) is 4. The van der Waals surface area contributed by atoms with Gasteiger partial charge in [0.15, 0.2) is 17.3 Å². The zero-order valence-corrected chi connectivity index (χ0v) is 23.6. The monoisotopic (exact) mass is 754 g/mol. The number of nitrogens with one attached hydrogen (secondary N) is 1. The van der Waals surface area contributed by atoms with Crippen LogP contribution in [0.15, 0.2) is 48.5 Å². The van der Waals surface area contributed by atoms with Crippen LogP contribution in [-0.2, 0) is 11.8 Å². The van der Waals surface area contributed by atoms with Gasteiger partial charge in [0, 0.05) is 21.7 Å². The summed E-state index contributed by atoms with van der Waals surface area (Å²) >= 11 is 0.872. The number of anilines is 2. The highest BCUT2D eigenvalue weighted by Crippen LogP contribution is 2.54. The van der Waals surface area contributed by atoms with Gasteiger partial charge < -0.3 is 19.7 Å². The molecule has 18 heteroatoms. The predicted octanol–water partition coefficient (Wildman–Crippen LogP) is 8.00. The molecule has 0 fully saturated rings. The topological polar surface area (TPSA) is 67.9 Å². The third kappa shape index (κ3) is 5.82. The van der Waals surface area contributed by atoms with Crippen LogP contribution in [0.5, 0.6) is 11.5 Å². The predicted molar refractivity (Wildman–Crippen MR) is 139 cm³/mol. The van der Waals surface area contributed by atoms with Gasteiger partial charge in [-0.15, -0.1) is 0 Å². The second-order valence-electron chi connectivity index (χ2n) is 9.06. The van der Waals surface area contributed by atoms with Crippen LogP contribution < -0.4 is 19.7 Å². The van der Waals surface area contributed by atoms with Gasteiger partial charge in [-0.05, 0) is 65.1 Å². The number of rotatable bonds is 5. The molecular weight excluding hydrogens is 740 g/mol. The van der Waals surface area contributed by atoms with E-state index in [1.165, 1.54) is 18.2 Å². The van der Waals surface area contributed by atoms with E-state index >= 15 is 4.39 Å². The minimum atomic E-state index is -6.71. The van der Waals surface area contributed by atoms with E-state index < -0.39 is 79.5 Å². The quantitative estimate of drug-likeness (QED) is 0.212. The van der Waals surface area contributed by atoms with Crippen LogP contribution in [0.2, 0.25) is 0 Å². The second kappa shape index (κ2) is 11.3. The summed E-state index contributed by atoms with van der Waals surface area (Å²) in [5, 5.41) is 1.63. The van der Waals surface area contributed by atoms with E-state index in [1.807, 2.05) is 0 Å². The van der Waals surface area contributed by atoms with Crippen molar-refractivity contribution >= 4 is 45.8 Å². The number of alkyl halides is 10. The van der Waals surface area contributed by atoms with E-state index in [4.69, 9.17) is 9.47 Å². The summed E-state index contributed by atoms with van der Waals surface area (Å²) in [6.45, 7) is -0.106. The Morgan fingerprint density at radius 1 is 0.864 bits per heavy atom. The smallest absolute Gasteiger partial charge is 0.435 e. The average Bonchev–Trinajstić information content (AvgIpc) is 3.39. The molecule has 0 atom stereocenters. The molecule has 2 amide bonds. The minimum Gasteiger partial charge on any atom is -0.454 e. The summed E-state index contributed by atoms with van der Waals surface area (Å²) < 4.78 is 160. The van der Waals surface area contributed by atoms with Gasteiger partial charge in [0.2, 0.25) is 6.79 Å². The molecule has 1 heterocycles. The van der Waals surface area contributed by atoms with Gasteiger partial charge in [-0.25, -0.2) is 8.78 Å². The molecule has 0 radical (unpaired) electrons. The molecule has 236 valence electrons. The van der Waals surface area contributed by atoms with Crippen molar-refractivity contribution in [3.05, 3.63) is 80.2 Å². The number of halogens is 12. The third-order valence-electron chi connectivity index (χ3n) is 6.32. The molecule has 0 bridgehead atoms. The zero-order chi connectivity index (χ0) is 33.0. The Hall–Kier alpha value is -3.84. The van der Waals surface area contributed by atoms with Gasteiger partial charge in [0.05, 0.1) is 22.5 Å². The lowest BCUT2D eigenvalue weighted by Crippen LogP contribution is -2.50. The SMILES string of the molecule is CN(C(=O)c1ccc2c(c1)OCO2)c1cccc(C(=O)Nc2c(I)cc(C(F)(C(F)(F)F)C(F)(F)F)cc2C(F)(F)F)c1F. The van der Waals surface area contributed by atoms with Gasteiger partial charge in [-0.3, -0.25) is 9.59 Å². The molecule has 0 aliphatic carbocycles. The standard InChI is InChI=1S/C26H14F11IN2O4/c1-40(22(42)11-5-6-17-18(7-11)44-10-43-17)16-4-2-3-13(19(16)27)21(41)39-20-14(24(29,30)31)8-12(9-15(20)38)23(28,25(32,33)34)26(35,36)37/h2-9H,10H2,1H3,(H,39,41). The highest BCUT2D eigenvalue weighted by Gasteiger charge is 2.73. The molecule has 6 nitrogen and oxygen atoms in total. The lowest BCUT2D eigenvalue weighted by Gasteiger charge is -2.31. The number of carbonyl (C=O) groups is 2. The molecule has 4 rings (SSSR count). The lowest BCUT2D eigenvalue weighted by atomic mass is 9.92. The number of benzene rings is 3. The Kier molecular flexibility index (Phi) is 8.46. The van der Waals surface area contributed by atoms with Gasteiger partial charge in [-0.2, -0.15) is 39.5 Å². The van der Waals surface area contributed by atoms with Crippen molar-refractivity contribution in [3.63, 3.8) is 0 Å². The Morgan fingerprint density at radius 2 is 1.48 bits per heavy atom. The first kappa shape index (κ1) is 33.1. The third-order valence-corrected chi connectivity index (χ3v) is 7.17. The molecule has 44 heavy (non-hydrogen) atoms. The second-order valence-corrected chi connectivity index (χ2v) is 10.2. The molecule has 0 aromatic heterocycles. The maximum atomic E-state index is 15.5. The molecule has 1 aliphatic heterocycles. The lowest BCUT2D eigenvalue weighted by molar-refractivity contribution is -0.348. The van der Waals surface area contributed by atoms with Crippen LogP contribution in [0, 0.1) is 9.39 Å². The van der Waals surface area contributed by atoms with Gasteiger partial charge in [0.25, 0.3) is 11.8 Å². The summed E-state index contributed by atoms with van der Waals surface area (Å²) in [5.74, 6) is -3.30. The Bertz CT molecular complexity index is 1620. The van der Waals surface area contributed by atoms with Crippen LogP contribution in [0.4, 0.5) is 59.7 Å². The van der Waals surface area contributed by atoms with Crippen molar-refractivity contribution in [2.75, 3.05) is 24.1 Å². The highest BCUT2D eigenvalue weighted by molar-refractivity contribution is 14.1. The number of nitrogens with zero attached hydrogens (tertiary/aromatic N) is 1. The number of amides is 2. The number of hydrogen-bond donors (Lipinski definition) is 1. The van der Waals surface area contributed by atoms with Crippen molar-refractivity contribution in [1.29, 1.82) is 0 Å². The van der Waals surface area contributed by atoms with Crippen LogP contribution in [0.1, 0.15) is 31.8 Å². The maximum absolute atomic E-state index is 15.5. The Balaban J connectivity index is 1.71. The molecule has 0 spiro atoms. The molecular formula is C26H14F11IN2O4. The van der Waals surface area contributed by atoms with Crippen LogP contribution in [-0.4, -0.2) is 38.0 Å². The average molecular weight is 754 g/mol. The first-order valence-electron chi connectivity index (χ1n) is 11.7. The first-order valence-corrected chi connectivity index (χ1v) is 12.8. The van der Waals surface area contributed by atoms with Crippen molar-refractivity contribution in [2.24, 2.45) is 0 Å². The molecule has 3 aromatic rings. The Morgan fingerprint density at radius 3 is 2.07 bits per heavy atom. The fourth-order valence-corrected chi connectivity index (χ4v) is 4.87. The van der Waals surface area contributed by atoms with Crippen molar-refractivity contribution in [1.82, 2.24) is 0 Å². The van der Waals surface area contributed by atoms with Crippen molar-refractivity contribution in [2.45, 2.75) is 24.2 Å². The Labute approximate surface area is 252 Å². The first-order chi connectivity index (χ1) is 20.2.